The first-order chi connectivity index (χ1) is 18.9. The van der Waals surface area contributed by atoms with Crippen molar-refractivity contribution in [2.45, 2.75) is 23.6 Å². The Hall–Kier alpha value is -3.57. The number of carbonyl (C=O) groups is 1. The van der Waals surface area contributed by atoms with Gasteiger partial charge in [-0.3, -0.25) is 13.8 Å². The lowest BCUT2D eigenvalue weighted by atomic mass is 10.1. The number of benzene rings is 4. The van der Waals surface area contributed by atoms with Crippen LogP contribution >= 0.6 is 23.2 Å². The van der Waals surface area contributed by atoms with E-state index in [1.165, 1.54) is 54.6 Å². The number of sulfonamides is 2. The van der Waals surface area contributed by atoms with Crippen LogP contribution in [-0.4, -0.2) is 29.3 Å². The molecular weight excluding hydrogens is 593 g/mol. The Labute approximate surface area is 243 Å². The predicted octanol–water partition coefficient (Wildman–Crippen LogP) is 6.25. The zero-order valence-electron chi connectivity index (χ0n) is 21.4. The number of aryl methyl sites for hydroxylation is 2. The number of carbonyl (C=O) groups excluding carboxylic acids is 1. The Balaban J connectivity index is 1.55. The molecule has 0 bridgehead atoms. The van der Waals surface area contributed by atoms with Crippen molar-refractivity contribution in [1.82, 2.24) is 0 Å². The molecule has 0 heterocycles. The smallest absolute Gasteiger partial charge is 0.264 e. The summed E-state index contributed by atoms with van der Waals surface area (Å²) in [6.45, 7) is 3.10. The molecule has 2 N–H and O–H groups in total. The van der Waals surface area contributed by atoms with Crippen LogP contribution in [0.3, 0.4) is 0 Å². The molecule has 0 unspecified atom stereocenters. The second kappa shape index (κ2) is 11.9. The third kappa shape index (κ3) is 6.59. The first-order valence-electron chi connectivity index (χ1n) is 11.9. The van der Waals surface area contributed by atoms with Gasteiger partial charge in [0.1, 0.15) is 6.54 Å². The normalized spacial score (nSPS) is 11.6. The Bertz CT molecular complexity index is 1760. The number of amides is 1. The number of rotatable bonds is 9. The average Bonchev–Trinajstić information content (AvgIpc) is 2.91. The number of nitrogens with one attached hydrogen (secondary N) is 2. The van der Waals surface area contributed by atoms with Gasteiger partial charge in [-0.05, 0) is 74.0 Å². The molecule has 4 aromatic rings. The van der Waals surface area contributed by atoms with E-state index in [0.717, 1.165) is 15.4 Å². The summed E-state index contributed by atoms with van der Waals surface area (Å²) in [6, 6.07) is 23.0. The fourth-order valence-corrected chi connectivity index (χ4v) is 6.92. The van der Waals surface area contributed by atoms with Crippen LogP contribution in [0.4, 0.5) is 17.1 Å². The molecule has 0 spiro atoms. The zero-order valence-corrected chi connectivity index (χ0v) is 24.6. The average molecular weight is 619 g/mol. The van der Waals surface area contributed by atoms with Crippen molar-refractivity contribution in [3.05, 3.63) is 112 Å². The third-order valence-electron chi connectivity index (χ3n) is 5.89. The summed E-state index contributed by atoms with van der Waals surface area (Å²) in [5.74, 6) is -0.681. The van der Waals surface area contributed by atoms with Gasteiger partial charge in [0, 0.05) is 5.69 Å². The van der Waals surface area contributed by atoms with E-state index in [1.54, 1.807) is 37.3 Å². The van der Waals surface area contributed by atoms with E-state index in [2.05, 4.69) is 10.0 Å². The Morgan fingerprint density at radius 3 is 2.12 bits per heavy atom. The van der Waals surface area contributed by atoms with Crippen LogP contribution < -0.4 is 14.3 Å². The van der Waals surface area contributed by atoms with Gasteiger partial charge in [-0.25, -0.2) is 16.8 Å². The molecule has 208 valence electrons. The molecule has 12 heteroatoms. The maximum absolute atomic E-state index is 13.5. The van der Waals surface area contributed by atoms with E-state index in [9.17, 15) is 21.6 Å². The topological polar surface area (TPSA) is 113 Å². The van der Waals surface area contributed by atoms with Crippen LogP contribution in [0.2, 0.25) is 10.0 Å². The van der Waals surface area contributed by atoms with Gasteiger partial charge in [-0.2, -0.15) is 0 Å². The molecule has 0 radical (unpaired) electrons. The van der Waals surface area contributed by atoms with E-state index in [0.29, 0.717) is 5.69 Å². The highest BCUT2D eigenvalue weighted by atomic mass is 35.5. The predicted molar refractivity (Wildman–Crippen MR) is 159 cm³/mol. The highest BCUT2D eigenvalue weighted by Gasteiger charge is 2.29. The largest absolute Gasteiger partial charge is 0.325 e. The number of hydrogen-bond donors (Lipinski definition) is 2. The van der Waals surface area contributed by atoms with Crippen LogP contribution in [0.1, 0.15) is 11.1 Å². The highest BCUT2D eigenvalue weighted by molar-refractivity contribution is 7.93. The fourth-order valence-electron chi connectivity index (χ4n) is 3.88. The molecule has 4 rings (SSSR count). The molecule has 0 saturated heterocycles. The Morgan fingerprint density at radius 2 is 1.48 bits per heavy atom. The van der Waals surface area contributed by atoms with Gasteiger partial charge in [0.25, 0.3) is 20.0 Å². The van der Waals surface area contributed by atoms with E-state index >= 15 is 0 Å². The summed E-state index contributed by atoms with van der Waals surface area (Å²) in [7, 11) is -8.09. The molecule has 8 nitrogen and oxygen atoms in total. The minimum Gasteiger partial charge on any atom is -0.325 e. The van der Waals surface area contributed by atoms with E-state index in [1.807, 2.05) is 13.0 Å². The molecular formula is C28H25Cl2N3O5S2. The molecule has 0 aliphatic heterocycles. The quantitative estimate of drug-likeness (QED) is 0.231. The molecule has 1 amide bonds. The molecule has 40 heavy (non-hydrogen) atoms. The molecule has 0 aliphatic rings. The first-order valence-corrected chi connectivity index (χ1v) is 15.6. The standard InChI is InChI=1S/C28H25Cl2N3O5S2/c1-19-11-16-25(20(2)17-19)32-39(35,36)22-14-12-21(13-15-22)31-27(34)18-33(26-10-6-9-24(29)28(26)30)40(37,38)23-7-4-3-5-8-23/h3-17,32H,18H2,1-2H3,(H,31,34). The summed E-state index contributed by atoms with van der Waals surface area (Å²) < 4.78 is 56.2. The van der Waals surface area contributed by atoms with Crippen LogP contribution in [-0.2, 0) is 24.8 Å². The van der Waals surface area contributed by atoms with Crippen molar-refractivity contribution in [2.24, 2.45) is 0 Å². The second-order valence-corrected chi connectivity index (χ2v) is 13.2. The first kappa shape index (κ1) is 29.4. The monoisotopic (exact) mass is 617 g/mol. The lowest BCUT2D eigenvalue weighted by Gasteiger charge is -2.25. The van der Waals surface area contributed by atoms with Gasteiger partial charge in [-0.15, -0.1) is 0 Å². The van der Waals surface area contributed by atoms with Gasteiger partial charge in [-0.1, -0.05) is 65.2 Å². The molecule has 0 aliphatic carbocycles. The Morgan fingerprint density at radius 1 is 0.800 bits per heavy atom. The molecule has 4 aromatic carbocycles. The van der Waals surface area contributed by atoms with Crippen molar-refractivity contribution in [2.75, 3.05) is 20.9 Å². The van der Waals surface area contributed by atoms with Crippen molar-refractivity contribution in [3.63, 3.8) is 0 Å². The number of nitrogens with zero attached hydrogens (tertiary/aromatic N) is 1. The molecule has 0 saturated carbocycles. The van der Waals surface area contributed by atoms with Crippen LogP contribution in [0, 0.1) is 13.8 Å². The van der Waals surface area contributed by atoms with E-state index in [-0.39, 0.29) is 31.2 Å². The maximum Gasteiger partial charge on any atom is 0.264 e. The van der Waals surface area contributed by atoms with Crippen molar-refractivity contribution in [3.8, 4) is 0 Å². The number of hydrogen-bond acceptors (Lipinski definition) is 5. The highest BCUT2D eigenvalue weighted by Crippen LogP contribution is 2.35. The second-order valence-electron chi connectivity index (χ2n) is 8.89. The summed E-state index contributed by atoms with van der Waals surface area (Å²) >= 11 is 12.5. The van der Waals surface area contributed by atoms with Gasteiger partial charge in [0.05, 0.1) is 31.2 Å². The number of anilines is 3. The minimum absolute atomic E-state index is 0.00975. The van der Waals surface area contributed by atoms with Gasteiger partial charge in [0.2, 0.25) is 5.91 Å². The van der Waals surface area contributed by atoms with Gasteiger partial charge < -0.3 is 5.32 Å². The zero-order chi connectivity index (χ0) is 29.1. The lowest BCUT2D eigenvalue weighted by Crippen LogP contribution is -2.38. The maximum atomic E-state index is 13.5. The van der Waals surface area contributed by atoms with Crippen molar-refractivity contribution >= 4 is 66.2 Å². The van der Waals surface area contributed by atoms with E-state index in [4.69, 9.17) is 23.2 Å². The van der Waals surface area contributed by atoms with Gasteiger partial charge >= 0.3 is 0 Å². The summed E-state index contributed by atoms with van der Waals surface area (Å²) in [6.07, 6.45) is 0. The summed E-state index contributed by atoms with van der Waals surface area (Å²) in [4.78, 5) is 13.0. The molecule has 0 atom stereocenters. The third-order valence-corrected chi connectivity index (χ3v) is 9.86. The Kier molecular flexibility index (Phi) is 8.74. The summed E-state index contributed by atoms with van der Waals surface area (Å²) in [5, 5.41) is 2.71. The van der Waals surface area contributed by atoms with Crippen molar-refractivity contribution in [1.29, 1.82) is 0 Å². The van der Waals surface area contributed by atoms with E-state index < -0.39 is 32.5 Å². The minimum atomic E-state index is -4.20. The van der Waals surface area contributed by atoms with Crippen LogP contribution in [0.5, 0.6) is 0 Å². The van der Waals surface area contributed by atoms with Gasteiger partial charge in [0.15, 0.2) is 0 Å². The van der Waals surface area contributed by atoms with Crippen LogP contribution in [0.15, 0.2) is 101 Å². The molecule has 0 aromatic heterocycles. The molecule has 0 fully saturated rings. The lowest BCUT2D eigenvalue weighted by molar-refractivity contribution is -0.114. The summed E-state index contributed by atoms with van der Waals surface area (Å²) in [5.41, 5.74) is 2.55. The SMILES string of the molecule is Cc1ccc(NS(=O)(=O)c2ccc(NC(=O)CN(c3cccc(Cl)c3Cl)S(=O)(=O)c3ccccc3)cc2)c(C)c1. The van der Waals surface area contributed by atoms with Crippen LogP contribution in [0.25, 0.3) is 0 Å². The number of halogens is 2. The fraction of sp³-hybridized carbons (Fsp3) is 0.107. The van der Waals surface area contributed by atoms with Crippen molar-refractivity contribution < 1.29 is 21.6 Å².